The molecule has 0 aliphatic carbocycles. The average Bonchev–Trinajstić information content (AvgIpc) is 3.02. The fraction of sp³-hybridized carbons (Fsp3) is 0.267. The van der Waals surface area contributed by atoms with Crippen LogP contribution in [0.4, 0.5) is 20.6 Å². The number of rotatable bonds is 5. The maximum Gasteiger partial charge on any atom is 0.319 e. The Balaban J connectivity index is 2.06. The van der Waals surface area contributed by atoms with Gasteiger partial charge in [-0.15, -0.1) is 11.3 Å². The first-order valence-electron chi connectivity index (χ1n) is 7.03. The first kappa shape index (κ1) is 16.9. The summed E-state index contributed by atoms with van der Waals surface area (Å²) < 4.78 is 13.8. The number of nitrogens with one attached hydrogen (secondary N) is 3. The van der Waals surface area contributed by atoms with Crippen molar-refractivity contribution in [1.82, 2.24) is 10.3 Å². The number of halogens is 1. The molecular weight excluding hydrogens is 319 g/mol. The second-order valence-electron chi connectivity index (χ2n) is 4.81. The fourth-order valence-corrected chi connectivity index (χ4v) is 2.74. The van der Waals surface area contributed by atoms with Crippen LogP contribution < -0.4 is 16.0 Å². The molecule has 6 nitrogen and oxygen atoms in total. The van der Waals surface area contributed by atoms with E-state index in [-0.39, 0.29) is 17.6 Å². The van der Waals surface area contributed by atoms with Crippen LogP contribution >= 0.6 is 11.3 Å². The zero-order valence-electron chi connectivity index (χ0n) is 12.7. The molecule has 1 aromatic heterocycles. The van der Waals surface area contributed by atoms with Gasteiger partial charge in [0.1, 0.15) is 10.8 Å². The minimum absolute atomic E-state index is 0.0114. The third kappa shape index (κ3) is 4.75. The molecule has 0 aliphatic rings. The number of carbonyl (C=O) groups is 2. The van der Waals surface area contributed by atoms with Crippen LogP contribution in [0.15, 0.2) is 29.8 Å². The highest BCUT2D eigenvalue weighted by Gasteiger charge is 2.16. The molecule has 3 N–H and O–H groups in total. The molecule has 0 bridgehead atoms. The molecule has 0 fully saturated rings. The van der Waals surface area contributed by atoms with E-state index < -0.39 is 11.8 Å². The summed E-state index contributed by atoms with van der Waals surface area (Å²) >= 11 is 1.44. The van der Waals surface area contributed by atoms with Crippen molar-refractivity contribution in [3.8, 4) is 0 Å². The van der Waals surface area contributed by atoms with Crippen molar-refractivity contribution in [3.63, 3.8) is 0 Å². The van der Waals surface area contributed by atoms with E-state index in [0.717, 1.165) is 5.01 Å². The number of urea groups is 1. The summed E-state index contributed by atoms with van der Waals surface area (Å²) in [4.78, 5) is 27.3. The van der Waals surface area contributed by atoms with Gasteiger partial charge in [0.05, 0.1) is 11.7 Å². The van der Waals surface area contributed by atoms with Crippen LogP contribution in [-0.4, -0.2) is 16.9 Å². The molecule has 122 valence electrons. The first-order valence-corrected chi connectivity index (χ1v) is 7.91. The molecule has 23 heavy (non-hydrogen) atoms. The molecule has 3 amide bonds. The van der Waals surface area contributed by atoms with Crippen molar-refractivity contribution in [3.05, 3.63) is 40.6 Å². The summed E-state index contributed by atoms with van der Waals surface area (Å²) in [5.41, 5.74) is 0.393. The van der Waals surface area contributed by atoms with Gasteiger partial charge in [-0.05, 0) is 24.6 Å². The Bertz CT molecular complexity index is 691. The van der Waals surface area contributed by atoms with Crippen LogP contribution in [0.3, 0.4) is 0 Å². The fourth-order valence-electron chi connectivity index (χ4n) is 1.96. The molecule has 0 saturated heterocycles. The van der Waals surface area contributed by atoms with Gasteiger partial charge in [0.25, 0.3) is 0 Å². The van der Waals surface area contributed by atoms with Crippen molar-refractivity contribution in [2.24, 2.45) is 0 Å². The highest BCUT2D eigenvalue weighted by atomic mass is 32.1. The average molecular weight is 336 g/mol. The Morgan fingerprint density at radius 3 is 2.74 bits per heavy atom. The lowest BCUT2D eigenvalue weighted by molar-refractivity contribution is -0.114. The van der Waals surface area contributed by atoms with Crippen LogP contribution in [0.25, 0.3) is 0 Å². The van der Waals surface area contributed by atoms with E-state index in [4.69, 9.17) is 0 Å². The van der Waals surface area contributed by atoms with E-state index in [9.17, 15) is 14.0 Å². The minimum Gasteiger partial charge on any atom is -0.329 e. The molecule has 0 radical (unpaired) electrons. The minimum atomic E-state index is -0.587. The SMILES string of the molecule is CC[C@@H](NC(=O)Nc1cc(NC(C)=O)ccc1F)c1nccs1. The Morgan fingerprint density at radius 1 is 1.35 bits per heavy atom. The zero-order valence-corrected chi connectivity index (χ0v) is 13.5. The number of aromatic nitrogens is 1. The monoisotopic (exact) mass is 336 g/mol. The van der Waals surface area contributed by atoms with Crippen LogP contribution in [-0.2, 0) is 4.79 Å². The second kappa shape index (κ2) is 7.68. The molecule has 1 aromatic carbocycles. The highest BCUT2D eigenvalue weighted by Crippen LogP contribution is 2.21. The van der Waals surface area contributed by atoms with Gasteiger partial charge in [0, 0.05) is 24.2 Å². The predicted molar refractivity (Wildman–Crippen MR) is 88.0 cm³/mol. The molecule has 2 rings (SSSR count). The smallest absolute Gasteiger partial charge is 0.319 e. The van der Waals surface area contributed by atoms with Crippen molar-refractivity contribution in [2.45, 2.75) is 26.3 Å². The van der Waals surface area contributed by atoms with Crippen molar-refractivity contribution >= 4 is 34.6 Å². The summed E-state index contributed by atoms with van der Waals surface area (Å²) in [6.07, 6.45) is 2.33. The Hall–Kier alpha value is -2.48. The molecule has 1 atom stereocenters. The number of benzene rings is 1. The molecule has 2 aromatic rings. The predicted octanol–water partition coefficient (Wildman–Crippen LogP) is 3.51. The Labute approximate surface area is 137 Å². The largest absolute Gasteiger partial charge is 0.329 e. The summed E-state index contributed by atoms with van der Waals surface area (Å²) in [7, 11) is 0. The third-order valence-corrected chi connectivity index (χ3v) is 3.89. The van der Waals surface area contributed by atoms with Gasteiger partial charge in [-0.1, -0.05) is 6.92 Å². The first-order chi connectivity index (χ1) is 11.0. The quantitative estimate of drug-likeness (QED) is 0.781. The van der Waals surface area contributed by atoms with Crippen LogP contribution in [0.5, 0.6) is 0 Å². The van der Waals surface area contributed by atoms with Crippen molar-refractivity contribution < 1.29 is 14.0 Å². The lowest BCUT2D eigenvalue weighted by atomic mass is 10.2. The topological polar surface area (TPSA) is 83.1 Å². The standard InChI is InChI=1S/C15H17FN4O2S/c1-3-12(14-17-6-7-23-14)19-15(22)20-13-8-10(18-9(2)21)4-5-11(13)16/h4-8,12H,3H2,1-2H3,(H,18,21)(H2,19,20,22)/t12-/m1/s1. The maximum absolute atomic E-state index is 13.8. The molecule has 0 saturated carbocycles. The van der Waals surface area contributed by atoms with Gasteiger partial charge < -0.3 is 16.0 Å². The summed E-state index contributed by atoms with van der Waals surface area (Å²) in [5, 5.41) is 10.3. The number of thiazole rings is 1. The van der Waals surface area contributed by atoms with Gasteiger partial charge in [0.15, 0.2) is 0 Å². The van der Waals surface area contributed by atoms with E-state index >= 15 is 0 Å². The van der Waals surface area contributed by atoms with Crippen LogP contribution in [0.2, 0.25) is 0 Å². The van der Waals surface area contributed by atoms with Gasteiger partial charge in [0.2, 0.25) is 5.91 Å². The van der Waals surface area contributed by atoms with E-state index in [1.807, 2.05) is 12.3 Å². The lowest BCUT2D eigenvalue weighted by Crippen LogP contribution is -2.32. The van der Waals surface area contributed by atoms with Gasteiger partial charge in [-0.2, -0.15) is 0 Å². The van der Waals surface area contributed by atoms with Crippen molar-refractivity contribution in [2.75, 3.05) is 10.6 Å². The van der Waals surface area contributed by atoms with E-state index in [1.165, 1.54) is 36.5 Å². The van der Waals surface area contributed by atoms with Crippen molar-refractivity contribution in [1.29, 1.82) is 0 Å². The molecule has 0 spiro atoms. The highest BCUT2D eigenvalue weighted by molar-refractivity contribution is 7.09. The van der Waals surface area contributed by atoms with E-state index in [1.54, 1.807) is 6.20 Å². The number of amides is 3. The normalized spacial score (nSPS) is 11.6. The second-order valence-corrected chi connectivity index (χ2v) is 5.73. The van der Waals surface area contributed by atoms with Crippen LogP contribution in [0, 0.1) is 5.82 Å². The van der Waals surface area contributed by atoms with Crippen LogP contribution in [0.1, 0.15) is 31.3 Å². The zero-order chi connectivity index (χ0) is 16.8. The lowest BCUT2D eigenvalue weighted by Gasteiger charge is -2.16. The van der Waals surface area contributed by atoms with Gasteiger partial charge in [-0.25, -0.2) is 14.2 Å². The Morgan fingerprint density at radius 2 is 2.13 bits per heavy atom. The molecule has 1 heterocycles. The Kier molecular flexibility index (Phi) is 5.64. The number of hydrogen-bond acceptors (Lipinski definition) is 4. The third-order valence-electron chi connectivity index (χ3n) is 3.00. The number of nitrogens with zero attached hydrogens (tertiary/aromatic N) is 1. The molecule has 8 heteroatoms. The van der Waals surface area contributed by atoms with E-state index in [0.29, 0.717) is 12.1 Å². The van der Waals surface area contributed by atoms with Gasteiger partial charge >= 0.3 is 6.03 Å². The molecule has 0 unspecified atom stereocenters. The summed E-state index contributed by atoms with van der Waals surface area (Å²) in [6, 6.07) is 3.19. The number of carbonyl (C=O) groups excluding carboxylic acids is 2. The molecule has 0 aliphatic heterocycles. The number of hydrogen-bond donors (Lipinski definition) is 3. The number of anilines is 2. The van der Waals surface area contributed by atoms with Gasteiger partial charge in [-0.3, -0.25) is 4.79 Å². The molecular formula is C15H17FN4O2S. The maximum atomic E-state index is 13.8. The summed E-state index contributed by atoms with van der Waals surface area (Å²) in [6.45, 7) is 3.27. The summed E-state index contributed by atoms with van der Waals surface area (Å²) in [5.74, 6) is -0.863. The van der Waals surface area contributed by atoms with E-state index in [2.05, 4.69) is 20.9 Å².